The molecule has 104 valence electrons. The number of aryl methyl sites for hydroxylation is 2. The van der Waals surface area contributed by atoms with Crippen molar-refractivity contribution in [2.24, 2.45) is 0 Å². The lowest BCUT2D eigenvalue weighted by molar-refractivity contribution is -0.121. The number of benzene rings is 1. The minimum atomic E-state index is 0.0948. The van der Waals surface area contributed by atoms with Crippen LogP contribution in [-0.4, -0.2) is 38.3 Å². The number of amides is 1. The maximum Gasteiger partial charge on any atom is 0.220 e. The molecule has 0 aliphatic carbocycles. The predicted molar refractivity (Wildman–Crippen MR) is 75.1 cm³/mol. The minimum Gasteiger partial charge on any atom is -0.374 e. The summed E-state index contributed by atoms with van der Waals surface area (Å²) in [5, 5.41) is 6.19. The van der Waals surface area contributed by atoms with Crippen LogP contribution >= 0.6 is 0 Å². The molecule has 0 bridgehead atoms. The highest BCUT2D eigenvalue weighted by atomic mass is 16.5. The Morgan fingerprint density at radius 3 is 3.05 bits per heavy atom. The standard InChI is InChI=1S/C15H22N2O2/c1-12-4-2-3-5-13(12)6-7-15(18)17-11-14-10-16-8-9-19-14/h2-5,14,16H,6-11H2,1H3,(H,17,18). The van der Waals surface area contributed by atoms with Crippen LogP contribution in [0.25, 0.3) is 0 Å². The van der Waals surface area contributed by atoms with Crippen molar-refractivity contribution in [1.29, 1.82) is 0 Å². The lowest BCUT2D eigenvalue weighted by Gasteiger charge is -2.23. The van der Waals surface area contributed by atoms with Gasteiger partial charge in [-0.25, -0.2) is 0 Å². The molecule has 4 heteroatoms. The van der Waals surface area contributed by atoms with Crippen molar-refractivity contribution in [3.8, 4) is 0 Å². The number of ether oxygens (including phenoxy) is 1. The molecule has 1 unspecified atom stereocenters. The van der Waals surface area contributed by atoms with E-state index in [0.717, 1.165) is 26.1 Å². The maximum atomic E-state index is 11.8. The Kier molecular flexibility index (Phi) is 5.36. The molecule has 0 radical (unpaired) electrons. The third kappa shape index (κ3) is 4.65. The van der Waals surface area contributed by atoms with E-state index in [1.165, 1.54) is 11.1 Å². The summed E-state index contributed by atoms with van der Waals surface area (Å²) in [7, 11) is 0. The van der Waals surface area contributed by atoms with Gasteiger partial charge in [0, 0.05) is 26.1 Å². The molecule has 2 N–H and O–H groups in total. The Balaban J connectivity index is 1.68. The van der Waals surface area contributed by atoms with Gasteiger partial charge in [-0.2, -0.15) is 0 Å². The van der Waals surface area contributed by atoms with Gasteiger partial charge in [-0.3, -0.25) is 4.79 Å². The molecule has 1 aromatic rings. The number of carbonyl (C=O) groups excluding carboxylic acids is 1. The zero-order chi connectivity index (χ0) is 13.5. The summed E-state index contributed by atoms with van der Waals surface area (Å²) >= 11 is 0. The Morgan fingerprint density at radius 2 is 2.32 bits per heavy atom. The fourth-order valence-corrected chi connectivity index (χ4v) is 2.21. The summed E-state index contributed by atoms with van der Waals surface area (Å²) in [4.78, 5) is 11.8. The Labute approximate surface area is 114 Å². The Morgan fingerprint density at radius 1 is 1.47 bits per heavy atom. The van der Waals surface area contributed by atoms with Crippen molar-refractivity contribution in [2.75, 3.05) is 26.2 Å². The van der Waals surface area contributed by atoms with Crippen molar-refractivity contribution in [1.82, 2.24) is 10.6 Å². The second-order valence-electron chi connectivity index (χ2n) is 4.93. The van der Waals surface area contributed by atoms with E-state index < -0.39 is 0 Å². The molecule has 1 aromatic carbocycles. The van der Waals surface area contributed by atoms with Crippen molar-refractivity contribution < 1.29 is 9.53 Å². The van der Waals surface area contributed by atoms with Gasteiger partial charge in [0.25, 0.3) is 0 Å². The molecule has 1 aliphatic rings. The molecule has 1 fully saturated rings. The summed E-state index contributed by atoms with van der Waals surface area (Å²) in [5.74, 6) is 0.0948. The van der Waals surface area contributed by atoms with E-state index in [-0.39, 0.29) is 12.0 Å². The van der Waals surface area contributed by atoms with Crippen LogP contribution in [-0.2, 0) is 16.0 Å². The summed E-state index contributed by atoms with van der Waals surface area (Å²) < 4.78 is 5.53. The van der Waals surface area contributed by atoms with Crippen LogP contribution in [0.5, 0.6) is 0 Å². The molecule has 19 heavy (non-hydrogen) atoms. The van der Waals surface area contributed by atoms with E-state index in [9.17, 15) is 4.79 Å². The zero-order valence-corrected chi connectivity index (χ0v) is 11.4. The lowest BCUT2D eigenvalue weighted by atomic mass is 10.0. The largest absolute Gasteiger partial charge is 0.374 e. The molecule has 0 spiro atoms. The first kappa shape index (κ1) is 14.0. The number of morpholine rings is 1. The van der Waals surface area contributed by atoms with Gasteiger partial charge in [-0.1, -0.05) is 24.3 Å². The SMILES string of the molecule is Cc1ccccc1CCC(=O)NCC1CNCCO1. The van der Waals surface area contributed by atoms with Crippen LogP contribution in [0.2, 0.25) is 0 Å². The van der Waals surface area contributed by atoms with Crippen LogP contribution < -0.4 is 10.6 Å². The van der Waals surface area contributed by atoms with E-state index in [1.807, 2.05) is 12.1 Å². The van der Waals surface area contributed by atoms with Gasteiger partial charge >= 0.3 is 0 Å². The first-order valence-electron chi connectivity index (χ1n) is 6.89. The molecule has 4 nitrogen and oxygen atoms in total. The van der Waals surface area contributed by atoms with Crippen LogP contribution in [0.3, 0.4) is 0 Å². The van der Waals surface area contributed by atoms with Gasteiger partial charge in [0.05, 0.1) is 12.7 Å². The molecule has 1 aliphatic heterocycles. The topological polar surface area (TPSA) is 50.4 Å². The minimum absolute atomic E-state index is 0.0948. The fraction of sp³-hybridized carbons (Fsp3) is 0.533. The number of nitrogens with one attached hydrogen (secondary N) is 2. The van der Waals surface area contributed by atoms with Crippen LogP contribution in [0.15, 0.2) is 24.3 Å². The van der Waals surface area contributed by atoms with Gasteiger partial charge in [0.1, 0.15) is 0 Å². The average molecular weight is 262 g/mol. The predicted octanol–water partition coefficient (Wildman–Crippen LogP) is 1.03. The normalized spacial score (nSPS) is 19.1. The number of rotatable bonds is 5. The van der Waals surface area contributed by atoms with E-state index in [4.69, 9.17) is 4.74 Å². The molecule has 1 saturated heterocycles. The van der Waals surface area contributed by atoms with Crippen molar-refractivity contribution in [3.05, 3.63) is 35.4 Å². The number of hydrogen-bond acceptors (Lipinski definition) is 3. The molecular formula is C15H22N2O2. The molecule has 2 rings (SSSR count). The maximum absolute atomic E-state index is 11.8. The van der Waals surface area contributed by atoms with E-state index >= 15 is 0 Å². The highest BCUT2D eigenvalue weighted by Gasteiger charge is 2.14. The average Bonchev–Trinajstić information content (AvgIpc) is 2.45. The van der Waals surface area contributed by atoms with Gasteiger partial charge in [0.2, 0.25) is 5.91 Å². The van der Waals surface area contributed by atoms with Crippen molar-refractivity contribution >= 4 is 5.91 Å². The second-order valence-corrected chi connectivity index (χ2v) is 4.93. The third-order valence-electron chi connectivity index (χ3n) is 3.41. The highest BCUT2D eigenvalue weighted by molar-refractivity contribution is 5.76. The van der Waals surface area contributed by atoms with Gasteiger partial charge < -0.3 is 15.4 Å². The summed E-state index contributed by atoms with van der Waals surface area (Å²) in [6.45, 7) is 5.12. The van der Waals surface area contributed by atoms with E-state index in [2.05, 4.69) is 29.7 Å². The van der Waals surface area contributed by atoms with Crippen LogP contribution in [0.1, 0.15) is 17.5 Å². The summed E-state index contributed by atoms with van der Waals surface area (Å²) in [5.41, 5.74) is 2.49. The Bertz CT molecular complexity index is 414. The summed E-state index contributed by atoms with van der Waals surface area (Å²) in [6, 6.07) is 8.19. The highest BCUT2D eigenvalue weighted by Crippen LogP contribution is 2.09. The second kappa shape index (κ2) is 7.26. The van der Waals surface area contributed by atoms with Gasteiger partial charge in [0.15, 0.2) is 0 Å². The fourth-order valence-electron chi connectivity index (χ4n) is 2.21. The van der Waals surface area contributed by atoms with Crippen molar-refractivity contribution in [3.63, 3.8) is 0 Å². The molecule has 1 atom stereocenters. The number of hydrogen-bond donors (Lipinski definition) is 2. The quantitative estimate of drug-likeness (QED) is 0.833. The van der Waals surface area contributed by atoms with Gasteiger partial charge in [-0.15, -0.1) is 0 Å². The van der Waals surface area contributed by atoms with E-state index in [1.54, 1.807) is 0 Å². The zero-order valence-electron chi connectivity index (χ0n) is 11.4. The smallest absolute Gasteiger partial charge is 0.220 e. The molecule has 1 heterocycles. The third-order valence-corrected chi connectivity index (χ3v) is 3.41. The monoisotopic (exact) mass is 262 g/mol. The first-order valence-corrected chi connectivity index (χ1v) is 6.89. The van der Waals surface area contributed by atoms with E-state index in [0.29, 0.717) is 13.0 Å². The van der Waals surface area contributed by atoms with Crippen molar-refractivity contribution in [2.45, 2.75) is 25.9 Å². The molecular weight excluding hydrogens is 240 g/mol. The van der Waals surface area contributed by atoms with Crippen LogP contribution in [0, 0.1) is 6.92 Å². The lowest BCUT2D eigenvalue weighted by Crippen LogP contribution is -2.45. The summed E-state index contributed by atoms with van der Waals surface area (Å²) in [6.07, 6.45) is 1.43. The number of carbonyl (C=O) groups is 1. The first-order chi connectivity index (χ1) is 9.25. The Hall–Kier alpha value is -1.39. The molecule has 0 saturated carbocycles. The molecule has 1 amide bonds. The van der Waals surface area contributed by atoms with Crippen LogP contribution in [0.4, 0.5) is 0 Å². The van der Waals surface area contributed by atoms with Gasteiger partial charge in [-0.05, 0) is 24.5 Å². The molecule has 0 aromatic heterocycles.